The second-order valence-corrected chi connectivity index (χ2v) is 8.86. The first-order chi connectivity index (χ1) is 17.4. The zero-order chi connectivity index (χ0) is 25.7. The van der Waals surface area contributed by atoms with Crippen molar-refractivity contribution in [3.63, 3.8) is 0 Å². The number of carbonyl (C=O) groups is 2. The van der Waals surface area contributed by atoms with Gasteiger partial charge in [-0.05, 0) is 49.7 Å². The van der Waals surface area contributed by atoms with Crippen molar-refractivity contribution in [2.45, 2.75) is 33.2 Å². The summed E-state index contributed by atoms with van der Waals surface area (Å²) in [6.07, 6.45) is 3.42. The number of pyridine rings is 1. The average Bonchev–Trinajstić information content (AvgIpc) is 2.90. The minimum Gasteiger partial charge on any atom is -0.367 e. The Morgan fingerprint density at radius 2 is 1.78 bits per heavy atom. The van der Waals surface area contributed by atoms with E-state index < -0.39 is 17.2 Å². The summed E-state index contributed by atoms with van der Waals surface area (Å²) < 4.78 is 16.8. The number of rotatable bonds is 8. The van der Waals surface area contributed by atoms with Crippen LogP contribution in [0.2, 0.25) is 0 Å². The zero-order valence-corrected chi connectivity index (χ0v) is 20.7. The van der Waals surface area contributed by atoms with Crippen LogP contribution in [0.5, 0.6) is 0 Å². The standard InChI is InChI=1S/C27H32FN5O3/c1-3-5-10-30-26(35)18-6-8-19(9-7-18)31-27(36)21-17-32(4-2)23-16-24(33-13-11-29-12-14-33)22(28)15-20(23)25(21)34/h6-9,15-17,29H,3-5,10-14H2,1-2H3,(H,30,35)(H,31,36). The fourth-order valence-electron chi connectivity index (χ4n) is 4.35. The Morgan fingerprint density at radius 3 is 2.44 bits per heavy atom. The van der Waals surface area contributed by atoms with Crippen molar-refractivity contribution < 1.29 is 14.0 Å². The second-order valence-electron chi connectivity index (χ2n) is 8.86. The van der Waals surface area contributed by atoms with Crippen molar-refractivity contribution in [1.82, 2.24) is 15.2 Å². The van der Waals surface area contributed by atoms with Crippen LogP contribution < -0.4 is 26.3 Å². The van der Waals surface area contributed by atoms with E-state index >= 15 is 4.39 Å². The van der Waals surface area contributed by atoms with Crippen LogP contribution in [0.4, 0.5) is 15.8 Å². The van der Waals surface area contributed by atoms with E-state index in [0.29, 0.717) is 48.6 Å². The lowest BCUT2D eigenvalue weighted by molar-refractivity contribution is 0.0952. The van der Waals surface area contributed by atoms with Crippen molar-refractivity contribution in [1.29, 1.82) is 0 Å². The first-order valence-corrected chi connectivity index (χ1v) is 12.4. The summed E-state index contributed by atoms with van der Waals surface area (Å²) in [6, 6.07) is 9.41. The Kier molecular flexibility index (Phi) is 8.00. The number of aryl methyl sites for hydroxylation is 1. The smallest absolute Gasteiger partial charge is 0.261 e. The van der Waals surface area contributed by atoms with Crippen molar-refractivity contribution >= 4 is 34.1 Å². The van der Waals surface area contributed by atoms with Gasteiger partial charge in [-0.25, -0.2) is 4.39 Å². The summed E-state index contributed by atoms with van der Waals surface area (Å²) in [7, 11) is 0. The van der Waals surface area contributed by atoms with Crippen LogP contribution in [0.3, 0.4) is 0 Å². The number of amides is 2. The maximum atomic E-state index is 15.1. The molecule has 0 atom stereocenters. The molecule has 0 bridgehead atoms. The van der Waals surface area contributed by atoms with Crippen LogP contribution in [0.25, 0.3) is 10.9 Å². The Morgan fingerprint density at radius 1 is 1.06 bits per heavy atom. The highest BCUT2D eigenvalue weighted by Crippen LogP contribution is 2.26. The number of nitrogens with one attached hydrogen (secondary N) is 3. The average molecular weight is 494 g/mol. The van der Waals surface area contributed by atoms with Gasteiger partial charge < -0.3 is 25.4 Å². The molecule has 0 radical (unpaired) electrons. The zero-order valence-electron chi connectivity index (χ0n) is 20.7. The number of unbranched alkanes of at least 4 members (excludes halogenated alkanes) is 1. The van der Waals surface area contributed by atoms with Crippen molar-refractivity contribution in [2.24, 2.45) is 0 Å². The fourth-order valence-corrected chi connectivity index (χ4v) is 4.35. The quantitative estimate of drug-likeness (QED) is 0.419. The highest BCUT2D eigenvalue weighted by atomic mass is 19.1. The van der Waals surface area contributed by atoms with Crippen LogP contribution in [0.1, 0.15) is 47.4 Å². The number of fused-ring (bicyclic) bond motifs is 1. The molecule has 1 aliphatic heterocycles. The number of piperazine rings is 1. The lowest BCUT2D eigenvalue weighted by Gasteiger charge is -2.30. The van der Waals surface area contributed by atoms with Crippen molar-refractivity contribution in [3.05, 3.63) is 69.8 Å². The molecule has 3 aromatic rings. The van der Waals surface area contributed by atoms with E-state index in [-0.39, 0.29) is 16.9 Å². The van der Waals surface area contributed by atoms with Gasteiger partial charge in [0.25, 0.3) is 11.8 Å². The van der Waals surface area contributed by atoms with Gasteiger partial charge >= 0.3 is 0 Å². The Bertz CT molecular complexity index is 1310. The normalized spacial score (nSPS) is 13.6. The maximum absolute atomic E-state index is 15.1. The summed E-state index contributed by atoms with van der Waals surface area (Å²) in [5, 5.41) is 8.98. The summed E-state index contributed by atoms with van der Waals surface area (Å²) in [5.41, 5.74) is 1.39. The number of halogens is 1. The van der Waals surface area contributed by atoms with Crippen LogP contribution >= 0.6 is 0 Å². The summed E-state index contributed by atoms with van der Waals surface area (Å²) in [4.78, 5) is 40.4. The molecule has 0 saturated carbocycles. The van der Waals surface area contributed by atoms with E-state index in [1.165, 1.54) is 12.3 Å². The van der Waals surface area contributed by atoms with Gasteiger partial charge in [0.2, 0.25) is 5.43 Å². The Labute approximate surface area is 209 Å². The van der Waals surface area contributed by atoms with Gasteiger partial charge in [-0.1, -0.05) is 13.3 Å². The number of anilines is 2. The van der Waals surface area contributed by atoms with Crippen LogP contribution in [-0.2, 0) is 6.54 Å². The van der Waals surface area contributed by atoms with Crippen LogP contribution in [0.15, 0.2) is 47.4 Å². The monoisotopic (exact) mass is 493 g/mol. The molecular weight excluding hydrogens is 461 g/mol. The molecule has 0 unspecified atom stereocenters. The molecule has 190 valence electrons. The molecular formula is C27H32FN5O3. The predicted molar refractivity (Wildman–Crippen MR) is 141 cm³/mol. The molecule has 9 heteroatoms. The molecule has 36 heavy (non-hydrogen) atoms. The van der Waals surface area contributed by atoms with Gasteiger partial charge in [0.1, 0.15) is 11.4 Å². The topological polar surface area (TPSA) is 95.5 Å². The highest BCUT2D eigenvalue weighted by molar-refractivity contribution is 6.06. The number of benzene rings is 2. The molecule has 2 amide bonds. The fraction of sp³-hybridized carbons (Fsp3) is 0.370. The lowest BCUT2D eigenvalue weighted by atomic mass is 10.1. The molecule has 1 saturated heterocycles. The number of carbonyl (C=O) groups excluding carboxylic acids is 2. The molecule has 2 heterocycles. The Hall–Kier alpha value is -3.72. The number of nitrogens with zero attached hydrogens (tertiary/aromatic N) is 2. The first kappa shape index (κ1) is 25.4. The lowest BCUT2D eigenvalue weighted by Crippen LogP contribution is -2.43. The molecule has 1 aliphatic rings. The van der Waals surface area contributed by atoms with Gasteiger partial charge in [0.05, 0.1) is 11.2 Å². The van der Waals surface area contributed by atoms with E-state index in [9.17, 15) is 14.4 Å². The molecule has 8 nitrogen and oxygen atoms in total. The number of hydrogen-bond donors (Lipinski definition) is 3. The molecule has 3 N–H and O–H groups in total. The van der Waals surface area contributed by atoms with Gasteiger partial charge in [-0.2, -0.15) is 0 Å². The third-order valence-electron chi connectivity index (χ3n) is 6.41. The molecule has 0 spiro atoms. The van der Waals surface area contributed by atoms with Gasteiger partial charge in [-0.15, -0.1) is 0 Å². The third kappa shape index (κ3) is 5.41. The first-order valence-electron chi connectivity index (χ1n) is 12.4. The highest BCUT2D eigenvalue weighted by Gasteiger charge is 2.20. The van der Waals surface area contributed by atoms with Crippen molar-refractivity contribution in [3.8, 4) is 0 Å². The molecule has 0 aliphatic carbocycles. The number of aromatic nitrogens is 1. The van der Waals surface area contributed by atoms with Gasteiger partial charge in [0, 0.05) is 62.1 Å². The molecule has 1 aromatic heterocycles. The van der Waals surface area contributed by atoms with E-state index in [0.717, 1.165) is 25.9 Å². The van der Waals surface area contributed by atoms with Gasteiger partial charge in [0.15, 0.2) is 0 Å². The predicted octanol–water partition coefficient (Wildman–Crippen LogP) is 3.35. The third-order valence-corrected chi connectivity index (χ3v) is 6.41. The minimum absolute atomic E-state index is 0.0694. The Balaban J connectivity index is 1.59. The van der Waals surface area contributed by atoms with Crippen LogP contribution in [0, 0.1) is 5.82 Å². The van der Waals surface area contributed by atoms with Gasteiger partial charge in [-0.3, -0.25) is 14.4 Å². The van der Waals surface area contributed by atoms with E-state index in [4.69, 9.17) is 0 Å². The van der Waals surface area contributed by atoms with E-state index in [2.05, 4.69) is 22.9 Å². The summed E-state index contributed by atoms with van der Waals surface area (Å²) in [5.74, 6) is -1.24. The maximum Gasteiger partial charge on any atom is 0.261 e. The van der Waals surface area contributed by atoms with E-state index in [1.807, 2.05) is 11.8 Å². The minimum atomic E-state index is -0.587. The molecule has 2 aromatic carbocycles. The molecule has 1 fully saturated rings. The van der Waals surface area contributed by atoms with Crippen molar-refractivity contribution in [2.75, 3.05) is 42.9 Å². The summed E-state index contributed by atoms with van der Waals surface area (Å²) >= 11 is 0. The SMILES string of the molecule is CCCCNC(=O)c1ccc(NC(=O)c2cn(CC)c3cc(N4CCNCC4)c(F)cc3c2=O)cc1. The van der Waals surface area contributed by atoms with E-state index in [1.54, 1.807) is 34.9 Å². The molecule has 4 rings (SSSR count). The van der Waals surface area contributed by atoms with Crippen LogP contribution in [-0.4, -0.2) is 49.1 Å². The largest absolute Gasteiger partial charge is 0.367 e. The number of hydrogen-bond acceptors (Lipinski definition) is 5. The summed E-state index contributed by atoms with van der Waals surface area (Å²) in [6.45, 7) is 7.96. The second kappa shape index (κ2) is 11.3.